The van der Waals surface area contributed by atoms with E-state index in [0.29, 0.717) is 45.3 Å². The first-order valence-corrected chi connectivity index (χ1v) is 15.1. The van der Waals surface area contributed by atoms with Crippen LogP contribution in [0, 0.1) is 11.3 Å². The fourth-order valence-electron chi connectivity index (χ4n) is 3.96. The lowest BCUT2D eigenvalue weighted by molar-refractivity contribution is -0.127. The third-order valence-electron chi connectivity index (χ3n) is 6.10. The first-order valence-electron chi connectivity index (χ1n) is 13.1. The van der Waals surface area contributed by atoms with Crippen molar-refractivity contribution in [2.24, 2.45) is 0 Å². The summed E-state index contributed by atoms with van der Waals surface area (Å²) >= 11 is 10.3. The van der Waals surface area contributed by atoms with Crippen LogP contribution in [0.15, 0.2) is 64.0 Å². The molecule has 1 N–H and O–H groups in total. The Bertz CT molecular complexity index is 1690. The summed E-state index contributed by atoms with van der Waals surface area (Å²) in [7, 11) is 1.48. The zero-order chi connectivity index (χ0) is 31.8. The predicted octanol–water partition coefficient (Wildman–Crippen LogP) is 6.80. The van der Waals surface area contributed by atoms with Gasteiger partial charge in [-0.1, -0.05) is 30.7 Å². The number of ether oxygens (including phenoxy) is 3. The van der Waals surface area contributed by atoms with Crippen LogP contribution in [0.1, 0.15) is 40.4 Å². The minimum absolute atomic E-state index is 0.0827. The molecule has 1 heterocycles. The summed E-state index contributed by atoms with van der Waals surface area (Å²) in [6.07, 6.45) is 2.16. The quantitative estimate of drug-likeness (QED) is 0.169. The van der Waals surface area contributed by atoms with Crippen molar-refractivity contribution in [3.05, 3.63) is 91.3 Å². The second kappa shape index (κ2) is 14.9. The van der Waals surface area contributed by atoms with E-state index in [4.69, 9.17) is 31.1 Å². The number of rotatable bonds is 11. The normalized spacial score (nSPS) is 13.5. The van der Waals surface area contributed by atoms with Crippen molar-refractivity contribution in [1.82, 2.24) is 4.90 Å². The van der Waals surface area contributed by atoms with Crippen molar-refractivity contribution in [2.45, 2.75) is 20.0 Å². The number of esters is 1. The number of hydrogen-bond acceptors (Lipinski definition) is 9. The molecule has 1 fully saturated rings. The molecule has 226 valence electrons. The molecule has 4 rings (SSSR count). The van der Waals surface area contributed by atoms with Crippen LogP contribution in [-0.2, 0) is 20.9 Å². The number of anilines is 1. The number of thioether (sulfide) groups is 1. The van der Waals surface area contributed by atoms with Gasteiger partial charge in [0.25, 0.3) is 11.1 Å². The molecular weight excluding hydrogens is 674 g/mol. The SMILES string of the molecule is CCCOC(=O)c1cc(NC(=O)CN2C(=O)S/C(=C/c3cc(Br)c(OCc4ccc(C#N)cc4)c(OC)c3)C2=O)ccc1Cl. The Morgan fingerprint density at radius 3 is 2.57 bits per heavy atom. The molecule has 3 amide bonds. The Hall–Kier alpha value is -4.31. The first kappa shape index (κ1) is 32.6. The van der Waals surface area contributed by atoms with Gasteiger partial charge in [0.1, 0.15) is 13.2 Å². The smallest absolute Gasteiger partial charge is 0.339 e. The molecule has 13 heteroatoms. The van der Waals surface area contributed by atoms with Crippen molar-refractivity contribution in [3.63, 3.8) is 0 Å². The number of halogens is 2. The van der Waals surface area contributed by atoms with Gasteiger partial charge in [-0.2, -0.15) is 5.26 Å². The van der Waals surface area contributed by atoms with Crippen LogP contribution in [0.4, 0.5) is 10.5 Å². The van der Waals surface area contributed by atoms with E-state index in [0.717, 1.165) is 10.5 Å². The maximum absolute atomic E-state index is 13.1. The average Bonchev–Trinajstić information content (AvgIpc) is 3.27. The highest BCUT2D eigenvalue weighted by Gasteiger charge is 2.36. The van der Waals surface area contributed by atoms with Gasteiger partial charge in [-0.15, -0.1) is 0 Å². The zero-order valence-corrected chi connectivity index (χ0v) is 26.7. The largest absolute Gasteiger partial charge is 0.493 e. The van der Waals surface area contributed by atoms with Gasteiger partial charge in [0.05, 0.1) is 45.3 Å². The Morgan fingerprint density at radius 1 is 1.14 bits per heavy atom. The Kier molecular flexibility index (Phi) is 11.1. The van der Waals surface area contributed by atoms with E-state index in [1.165, 1.54) is 31.4 Å². The van der Waals surface area contributed by atoms with E-state index >= 15 is 0 Å². The summed E-state index contributed by atoms with van der Waals surface area (Å²) in [6, 6.07) is 16.7. The van der Waals surface area contributed by atoms with Crippen molar-refractivity contribution in [2.75, 3.05) is 25.6 Å². The number of carbonyl (C=O) groups excluding carboxylic acids is 4. The van der Waals surface area contributed by atoms with Crippen LogP contribution in [0.2, 0.25) is 5.02 Å². The molecule has 1 aliphatic rings. The molecule has 0 saturated carbocycles. The van der Waals surface area contributed by atoms with Crippen LogP contribution in [0.3, 0.4) is 0 Å². The molecule has 0 aromatic heterocycles. The van der Waals surface area contributed by atoms with Crippen LogP contribution in [0.5, 0.6) is 11.5 Å². The van der Waals surface area contributed by atoms with E-state index in [2.05, 4.69) is 27.3 Å². The molecule has 0 spiro atoms. The summed E-state index contributed by atoms with van der Waals surface area (Å²) < 4.78 is 17.1. The van der Waals surface area contributed by atoms with Crippen LogP contribution in [0.25, 0.3) is 6.08 Å². The van der Waals surface area contributed by atoms with E-state index in [-0.39, 0.29) is 34.4 Å². The van der Waals surface area contributed by atoms with E-state index in [1.807, 2.05) is 6.92 Å². The highest BCUT2D eigenvalue weighted by atomic mass is 79.9. The molecule has 3 aromatic carbocycles. The van der Waals surface area contributed by atoms with Gasteiger partial charge in [-0.05, 0) is 93.8 Å². The van der Waals surface area contributed by atoms with Crippen molar-refractivity contribution in [1.29, 1.82) is 5.26 Å². The molecule has 0 bridgehead atoms. The predicted molar refractivity (Wildman–Crippen MR) is 170 cm³/mol. The van der Waals surface area contributed by atoms with Gasteiger partial charge < -0.3 is 19.5 Å². The molecule has 0 unspecified atom stereocenters. The fourth-order valence-corrected chi connectivity index (χ4v) is 5.57. The third kappa shape index (κ3) is 7.99. The van der Waals surface area contributed by atoms with Gasteiger partial charge in [0, 0.05) is 5.69 Å². The number of amides is 3. The molecule has 3 aromatic rings. The highest BCUT2D eigenvalue weighted by molar-refractivity contribution is 9.10. The number of imide groups is 1. The second-order valence-corrected chi connectivity index (χ2v) is 11.5. The lowest BCUT2D eigenvalue weighted by Crippen LogP contribution is -2.36. The van der Waals surface area contributed by atoms with Crippen LogP contribution < -0.4 is 14.8 Å². The minimum Gasteiger partial charge on any atom is -0.493 e. The van der Waals surface area contributed by atoms with E-state index in [9.17, 15) is 19.2 Å². The number of methoxy groups -OCH3 is 1. The lowest BCUT2D eigenvalue weighted by atomic mass is 10.1. The third-order valence-corrected chi connectivity index (χ3v) is 7.92. The average molecular weight is 699 g/mol. The molecule has 10 nitrogen and oxygen atoms in total. The van der Waals surface area contributed by atoms with Crippen molar-refractivity contribution in [3.8, 4) is 17.6 Å². The first-order chi connectivity index (χ1) is 21.1. The standard InChI is InChI=1S/C31H25BrClN3O7S/c1-3-10-42-30(39)22-14-21(8-9-24(22)33)35-27(37)16-36-29(38)26(44-31(36)40)13-20-11-23(32)28(25(12-20)41-2)43-17-19-6-4-18(15-34)5-7-19/h4-9,11-14H,3,10,16-17H2,1-2H3,(H,35,37)/b26-13+. The van der Waals surface area contributed by atoms with Crippen LogP contribution in [-0.4, -0.2) is 48.2 Å². The molecular formula is C31H25BrClN3O7S. The molecule has 44 heavy (non-hydrogen) atoms. The molecule has 0 atom stereocenters. The van der Waals surface area contributed by atoms with Gasteiger partial charge in [0.15, 0.2) is 11.5 Å². The Labute approximate surface area is 271 Å². The summed E-state index contributed by atoms with van der Waals surface area (Å²) in [6.45, 7) is 1.77. The summed E-state index contributed by atoms with van der Waals surface area (Å²) in [5.41, 5.74) is 2.29. The van der Waals surface area contributed by atoms with Crippen molar-refractivity contribution >= 4 is 74.1 Å². The molecule has 1 aliphatic heterocycles. The summed E-state index contributed by atoms with van der Waals surface area (Å²) in [4.78, 5) is 51.7. The highest BCUT2D eigenvalue weighted by Crippen LogP contribution is 2.39. The number of nitrogens with zero attached hydrogens (tertiary/aromatic N) is 2. The number of carbonyl (C=O) groups is 4. The second-order valence-electron chi connectivity index (χ2n) is 9.28. The van der Waals surface area contributed by atoms with E-state index in [1.54, 1.807) is 36.4 Å². The maximum atomic E-state index is 13.1. The summed E-state index contributed by atoms with van der Waals surface area (Å²) in [5, 5.41) is 11.1. The van der Waals surface area contributed by atoms with Gasteiger partial charge in [-0.3, -0.25) is 19.3 Å². The Morgan fingerprint density at radius 2 is 1.89 bits per heavy atom. The van der Waals surface area contributed by atoms with Gasteiger partial charge >= 0.3 is 5.97 Å². The van der Waals surface area contributed by atoms with Crippen molar-refractivity contribution < 1.29 is 33.4 Å². The lowest BCUT2D eigenvalue weighted by Gasteiger charge is -2.14. The maximum Gasteiger partial charge on any atom is 0.339 e. The van der Waals surface area contributed by atoms with E-state index < -0.39 is 29.6 Å². The number of benzene rings is 3. The molecule has 0 radical (unpaired) electrons. The number of hydrogen-bond donors (Lipinski definition) is 1. The van der Waals surface area contributed by atoms with Gasteiger partial charge in [0.2, 0.25) is 5.91 Å². The molecule has 1 saturated heterocycles. The monoisotopic (exact) mass is 697 g/mol. The fraction of sp³-hybridized carbons (Fsp3) is 0.194. The molecule has 0 aliphatic carbocycles. The summed E-state index contributed by atoms with van der Waals surface area (Å²) in [5.74, 6) is -1.08. The number of nitrogens with one attached hydrogen (secondary N) is 1. The topological polar surface area (TPSA) is 135 Å². The van der Waals surface area contributed by atoms with Gasteiger partial charge in [-0.25, -0.2) is 4.79 Å². The zero-order valence-electron chi connectivity index (χ0n) is 23.5. The number of nitriles is 1. The minimum atomic E-state index is -0.642. The Balaban J connectivity index is 1.43. The van der Waals surface area contributed by atoms with Crippen LogP contribution >= 0.6 is 39.3 Å².